The summed E-state index contributed by atoms with van der Waals surface area (Å²) in [6.07, 6.45) is 10.9. The highest BCUT2D eigenvalue weighted by atomic mass is 31.3. The number of nitrogens with two attached hydrogens (primary N) is 1. The molecule has 1 aliphatic heterocycles. The van der Waals surface area contributed by atoms with Crippen molar-refractivity contribution < 1.29 is 76.5 Å². The van der Waals surface area contributed by atoms with E-state index >= 15 is 0 Å². The number of carbonyl (C=O) groups excluding carboxylic acids is 2. The van der Waals surface area contributed by atoms with Crippen molar-refractivity contribution in [3.8, 4) is 0 Å². The molecular weight excluding hydrogens is 880 g/mol. The topological polar surface area (TPSA) is 306 Å². The van der Waals surface area contributed by atoms with Gasteiger partial charge in [0, 0.05) is 19.0 Å². The minimum absolute atomic E-state index is 0.0470. The number of phosphoric acid groups is 2. The Morgan fingerprint density at radius 1 is 0.828 bits per heavy atom. The van der Waals surface area contributed by atoms with Gasteiger partial charge in [-0.05, 0) is 50.5 Å². The molecule has 9 atom stereocenters. The molecule has 2 heterocycles. The third kappa shape index (κ3) is 24.8. The summed E-state index contributed by atoms with van der Waals surface area (Å²) in [4.78, 5) is 61.6. The molecule has 1 fully saturated rings. The summed E-state index contributed by atoms with van der Waals surface area (Å²) < 4.78 is 56.4. The van der Waals surface area contributed by atoms with Crippen LogP contribution in [0.4, 0.5) is 5.82 Å². The zero-order chi connectivity index (χ0) is 47.5. The zero-order valence-electron chi connectivity index (χ0n) is 37.7. The molecule has 0 bridgehead atoms. The standard InChI is InChI=1S/C42H75N3O17P2/c1-4-5-6-7-12-17-22-33(46)34(47)23-18-13-10-15-20-25-38(49)60-32(28-57-37(48)24-19-14-9-8-11-16-21-31(2)3)29-58-63(53,54)62-64(55,56)59-30-35-39(50)40(51)41(61-35)45-27-26-36(43)44-42(45)52/h12,17,26-27,31-35,39-41,46-47,50-51H,4-11,13-16,18-25,28-30H2,1-3H3,(H,53,54)(H,55,56)(H2,43,44,52)/b17-12-/t32-,33+,34+,35-,39-,40-,41-/m1/s1. The van der Waals surface area contributed by atoms with Gasteiger partial charge < -0.3 is 50.2 Å². The Balaban J connectivity index is 1.86. The van der Waals surface area contributed by atoms with Crippen molar-refractivity contribution in [1.82, 2.24) is 9.55 Å². The smallest absolute Gasteiger partial charge is 0.462 e. The summed E-state index contributed by atoms with van der Waals surface area (Å²) in [6.45, 7) is 4.10. The number of aromatic nitrogens is 2. The van der Waals surface area contributed by atoms with Crippen LogP contribution in [0, 0.1) is 5.92 Å². The third-order valence-electron chi connectivity index (χ3n) is 10.5. The summed E-state index contributed by atoms with van der Waals surface area (Å²) >= 11 is 0. The number of nitrogen functional groups attached to an aromatic ring is 1. The molecule has 1 saturated heterocycles. The highest BCUT2D eigenvalue weighted by Crippen LogP contribution is 2.60. The number of hydrogen-bond donors (Lipinski definition) is 7. The lowest BCUT2D eigenvalue weighted by Gasteiger charge is -2.21. The van der Waals surface area contributed by atoms with Gasteiger partial charge in [0.05, 0.1) is 25.4 Å². The molecule has 8 N–H and O–H groups in total. The van der Waals surface area contributed by atoms with Gasteiger partial charge in [-0.3, -0.25) is 23.2 Å². The fraction of sp³-hybridized carbons (Fsp3) is 0.810. The van der Waals surface area contributed by atoms with Gasteiger partial charge in [0.2, 0.25) is 0 Å². The van der Waals surface area contributed by atoms with Gasteiger partial charge >= 0.3 is 33.3 Å². The highest BCUT2D eigenvalue weighted by Gasteiger charge is 2.46. The van der Waals surface area contributed by atoms with Crippen LogP contribution in [0.1, 0.15) is 155 Å². The summed E-state index contributed by atoms with van der Waals surface area (Å²) in [6, 6.07) is 1.23. The van der Waals surface area contributed by atoms with Crippen molar-refractivity contribution in [2.24, 2.45) is 5.92 Å². The van der Waals surface area contributed by atoms with Crippen LogP contribution >= 0.6 is 15.6 Å². The number of phosphoric ester groups is 2. The summed E-state index contributed by atoms with van der Waals surface area (Å²) in [7, 11) is -10.9. The number of carbonyl (C=O) groups is 2. The molecule has 64 heavy (non-hydrogen) atoms. The van der Waals surface area contributed by atoms with Crippen molar-refractivity contribution in [3.05, 3.63) is 34.9 Å². The average molecular weight is 956 g/mol. The highest BCUT2D eigenvalue weighted by molar-refractivity contribution is 7.61. The number of nitrogens with zero attached hydrogens (tertiary/aromatic N) is 2. The van der Waals surface area contributed by atoms with Crippen LogP contribution < -0.4 is 11.4 Å². The second kappa shape index (κ2) is 31.4. The molecule has 22 heteroatoms. The van der Waals surface area contributed by atoms with Gasteiger partial charge in [-0.1, -0.05) is 110 Å². The lowest BCUT2D eigenvalue weighted by atomic mass is 10.0. The van der Waals surface area contributed by atoms with Gasteiger partial charge in [-0.15, -0.1) is 0 Å². The first-order chi connectivity index (χ1) is 30.3. The maximum Gasteiger partial charge on any atom is 0.481 e. The van der Waals surface area contributed by atoms with Crippen LogP contribution in [-0.4, -0.2) is 108 Å². The fourth-order valence-electron chi connectivity index (χ4n) is 6.76. The Labute approximate surface area is 377 Å². The number of rotatable bonds is 36. The minimum Gasteiger partial charge on any atom is -0.462 e. The Bertz CT molecular complexity index is 1670. The molecule has 0 aromatic carbocycles. The normalized spacial score (nSPS) is 21.1. The largest absolute Gasteiger partial charge is 0.481 e. The quantitative estimate of drug-likeness (QED) is 0.0178. The monoisotopic (exact) mass is 955 g/mol. The molecule has 370 valence electrons. The van der Waals surface area contributed by atoms with Crippen LogP contribution in [0.3, 0.4) is 0 Å². The minimum atomic E-state index is -5.45. The predicted octanol–water partition coefficient (Wildman–Crippen LogP) is 5.91. The molecule has 20 nitrogen and oxygen atoms in total. The zero-order valence-corrected chi connectivity index (χ0v) is 39.5. The molecule has 0 spiro atoms. The molecule has 0 aliphatic carbocycles. The number of aliphatic hydroxyl groups is 4. The predicted molar refractivity (Wildman–Crippen MR) is 236 cm³/mol. The molecular formula is C42H75N3O17P2. The van der Waals surface area contributed by atoms with E-state index in [-0.39, 0.29) is 18.7 Å². The number of allylic oxidation sites excluding steroid dienone is 1. The number of unbranched alkanes of at least 4 members (excludes halogenated alkanes) is 12. The van der Waals surface area contributed by atoms with Gasteiger partial charge in [0.15, 0.2) is 12.3 Å². The van der Waals surface area contributed by atoms with Crippen molar-refractivity contribution >= 4 is 33.4 Å². The molecule has 1 aromatic rings. The van der Waals surface area contributed by atoms with E-state index in [1.54, 1.807) is 0 Å². The van der Waals surface area contributed by atoms with E-state index in [0.29, 0.717) is 44.4 Å². The second-order valence-corrected chi connectivity index (χ2v) is 19.7. The lowest BCUT2D eigenvalue weighted by molar-refractivity contribution is -0.161. The maximum absolute atomic E-state index is 12.8. The SMILES string of the molecule is CCCCC/C=C\C[C@H](O)[C@@H](O)CCCCCCCC(=O)O[C@H](COC(=O)CCCCCCCCC(C)C)COP(=O)(O)OP(=O)(O)OC[C@H]1O[C@@H](n2ccc(N)nc2=O)[C@H](O)[C@@H]1O. The van der Waals surface area contributed by atoms with E-state index in [2.05, 4.69) is 30.1 Å². The van der Waals surface area contributed by atoms with E-state index in [9.17, 15) is 53.7 Å². The Morgan fingerprint density at radius 2 is 1.44 bits per heavy atom. The van der Waals surface area contributed by atoms with Gasteiger partial charge in [0.1, 0.15) is 30.7 Å². The summed E-state index contributed by atoms with van der Waals surface area (Å²) in [5.74, 6) is -0.763. The fourth-order valence-corrected chi connectivity index (χ4v) is 8.87. The Hall–Kier alpha value is -2.58. The van der Waals surface area contributed by atoms with Crippen LogP contribution in [0.2, 0.25) is 0 Å². The van der Waals surface area contributed by atoms with Crippen LogP contribution in [0.15, 0.2) is 29.2 Å². The van der Waals surface area contributed by atoms with Crippen molar-refractivity contribution in [2.45, 2.75) is 192 Å². The molecule has 2 unspecified atom stereocenters. The van der Waals surface area contributed by atoms with E-state index in [4.69, 9.17) is 29.0 Å². The van der Waals surface area contributed by atoms with Gasteiger partial charge in [0.25, 0.3) is 0 Å². The molecule has 0 radical (unpaired) electrons. The molecule has 1 aromatic heterocycles. The third-order valence-corrected chi connectivity index (χ3v) is 13.1. The molecule has 0 amide bonds. The maximum atomic E-state index is 12.8. The van der Waals surface area contributed by atoms with Crippen molar-refractivity contribution in [3.63, 3.8) is 0 Å². The number of ether oxygens (including phenoxy) is 3. The molecule has 0 saturated carbocycles. The Morgan fingerprint density at radius 3 is 2.08 bits per heavy atom. The first kappa shape index (κ1) is 57.5. The molecule has 2 rings (SSSR count). The van der Waals surface area contributed by atoms with E-state index in [1.807, 2.05) is 12.2 Å². The number of aliphatic hydroxyl groups excluding tert-OH is 4. The summed E-state index contributed by atoms with van der Waals surface area (Å²) in [5, 5.41) is 41.4. The number of esters is 2. The first-order valence-electron chi connectivity index (χ1n) is 22.7. The van der Waals surface area contributed by atoms with Crippen molar-refractivity contribution in [2.75, 3.05) is 25.6 Å². The Kier molecular flexibility index (Phi) is 28.2. The number of anilines is 1. The first-order valence-corrected chi connectivity index (χ1v) is 25.7. The van der Waals surface area contributed by atoms with Crippen LogP contribution in [0.25, 0.3) is 0 Å². The van der Waals surface area contributed by atoms with Gasteiger partial charge in [-0.2, -0.15) is 9.29 Å². The van der Waals surface area contributed by atoms with E-state index in [0.717, 1.165) is 81.4 Å². The number of hydrogen-bond acceptors (Lipinski definition) is 17. The van der Waals surface area contributed by atoms with E-state index < -0.39 is 95.9 Å². The van der Waals surface area contributed by atoms with Crippen molar-refractivity contribution in [1.29, 1.82) is 0 Å². The van der Waals surface area contributed by atoms with Gasteiger partial charge in [-0.25, -0.2) is 13.9 Å². The van der Waals surface area contributed by atoms with E-state index in [1.165, 1.54) is 12.5 Å². The second-order valence-electron chi connectivity index (χ2n) is 16.7. The lowest BCUT2D eigenvalue weighted by Crippen LogP contribution is -2.36. The summed E-state index contributed by atoms with van der Waals surface area (Å²) in [5.41, 5.74) is 4.56. The van der Waals surface area contributed by atoms with Crippen LogP contribution in [-0.2, 0) is 46.3 Å². The molecule has 1 aliphatic rings. The van der Waals surface area contributed by atoms with Crippen LogP contribution in [0.5, 0.6) is 0 Å². The average Bonchev–Trinajstić information content (AvgIpc) is 3.50.